The van der Waals surface area contributed by atoms with E-state index in [1.54, 1.807) is 11.3 Å². The van der Waals surface area contributed by atoms with Gasteiger partial charge in [-0.05, 0) is 30.0 Å². The Morgan fingerprint density at radius 1 is 1.42 bits per heavy atom. The SMILES string of the molecule is Cc1sccc1CC(=O)c1ccnc(N)c1C(=O)O. The zero-order valence-electron chi connectivity index (χ0n) is 10.2. The molecule has 0 aromatic carbocycles. The monoisotopic (exact) mass is 276 g/mol. The van der Waals surface area contributed by atoms with E-state index in [0.717, 1.165) is 10.4 Å². The number of aromatic carboxylic acids is 1. The van der Waals surface area contributed by atoms with Crippen molar-refractivity contribution in [1.82, 2.24) is 4.98 Å². The van der Waals surface area contributed by atoms with Gasteiger partial charge in [0.1, 0.15) is 11.4 Å². The summed E-state index contributed by atoms with van der Waals surface area (Å²) in [6.07, 6.45) is 1.51. The van der Waals surface area contributed by atoms with E-state index in [4.69, 9.17) is 10.8 Å². The average molecular weight is 276 g/mol. The molecule has 5 nitrogen and oxygen atoms in total. The topological polar surface area (TPSA) is 93.3 Å². The fourth-order valence-electron chi connectivity index (χ4n) is 1.80. The molecule has 0 amide bonds. The number of ketones is 1. The maximum atomic E-state index is 12.2. The van der Waals surface area contributed by atoms with Crippen molar-refractivity contribution in [3.63, 3.8) is 0 Å². The molecule has 2 aromatic heterocycles. The normalized spacial score (nSPS) is 10.4. The molecule has 0 aliphatic carbocycles. The van der Waals surface area contributed by atoms with Gasteiger partial charge < -0.3 is 10.8 Å². The number of nitrogen functional groups attached to an aromatic ring is 1. The van der Waals surface area contributed by atoms with Crippen molar-refractivity contribution in [3.8, 4) is 0 Å². The molecule has 0 spiro atoms. The third-order valence-corrected chi connectivity index (χ3v) is 3.70. The number of anilines is 1. The molecule has 6 heteroatoms. The number of carbonyl (C=O) groups excluding carboxylic acids is 1. The number of aromatic nitrogens is 1. The molecule has 2 aromatic rings. The Labute approximate surface area is 113 Å². The third kappa shape index (κ3) is 2.63. The van der Waals surface area contributed by atoms with Crippen LogP contribution in [0.4, 0.5) is 5.82 Å². The highest BCUT2D eigenvalue weighted by atomic mass is 32.1. The molecule has 0 unspecified atom stereocenters. The number of pyridine rings is 1. The van der Waals surface area contributed by atoms with E-state index in [1.165, 1.54) is 12.3 Å². The number of hydrogen-bond donors (Lipinski definition) is 2. The molecule has 0 fully saturated rings. The van der Waals surface area contributed by atoms with Gasteiger partial charge in [0.15, 0.2) is 5.78 Å². The van der Waals surface area contributed by atoms with Crippen LogP contribution in [0.5, 0.6) is 0 Å². The second-order valence-electron chi connectivity index (χ2n) is 4.03. The Hall–Kier alpha value is -2.21. The van der Waals surface area contributed by atoms with Gasteiger partial charge in [0.25, 0.3) is 0 Å². The van der Waals surface area contributed by atoms with E-state index in [0.29, 0.717) is 0 Å². The number of aryl methyl sites for hydroxylation is 1. The van der Waals surface area contributed by atoms with Crippen LogP contribution in [0.1, 0.15) is 31.2 Å². The summed E-state index contributed by atoms with van der Waals surface area (Å²) in [5.41, 5.74) is 6.31. The molecule has 0 aliphatic heterocycles. The first kappa shape index (κ1) is 13.2. The summed E-state index contributed by atoms with van der Waals surface area (Å²) in [6.45, 7) is 1.92. The first-order chi connectivity index (χ1) is 9.00. The predicted molar refractivity (Wildman–Crippen MR) is 72.7 cm³/mol. The van der Waals surface area contributed by atoms with Crippen molar-refractivity contribution < 1.29 is 14.7 Å². The van der Waals surface area contributed by atoms with Crippen LogP contribution >= 0.6 is 11.3 Å². The molecule has 0 radical (unpaired) electrons. The Balaban J connectivity index is 2.37. The maximum Gasteiger partial charge on any atom is 0.340 e. The minimum atomic E-state index is -1.24. The fourth-order valence-corrected chi connectivity index (χ4v) is 2.53. The van der Waals surface area contributed by atoms with Crippen LogP contribution in [-0.2, 0) is 6.42 Å². The standard InChI is InChI=1S/C13H12N2O3S/c1-7-8(3-5-19-7)6-10(16)9-2-4-15-12(14)11(9)13(17)18/h2-5H,6H2,1H3,(H2,14,15)(H,17,18). The van der Waals surface area contributed by atoms with Crippen molar-refractivity contribution in [3.05, 3.63) is 45.3 Å². The van der Waals surface area contributed by atoms with Gasteiger partial charge >= 0.3 is 5.97 Å². The molecule has 0 bridgehead atoms. The molecular weight excluding hydrogens is 264 g/mol. The van der Waals surface area contributed by atoms with Crippen molar-refractivity contribution in [2.24, 2.45) is 0 Å². The molecule has 0 aliphatic rings. The van der Waals surface area contributed by atoms with E-state index in [1.807, 2.05) is 18.4 Å². The number of hydrogen-bond acceptors (Lipinski definition) is 5. The molecule has 0 atom stereocenters. The van der Waals surface area contributed by atoms with E-state index < -0.39 is 5.97 Å². The third-order valence-electron chi connectivity index (χ3n) is 2.81. The quantitative estimate of drug-likeness (QED) is 0.835. The van der Waals surface area contributed by atoms with Gasteiger partial charge in [-0.15, -0.1) is 11.3 Å². The van der Waals surface area contributed by atoms with Gasteiger partial charge in [0.05, 0.1) is 0 Å². The summed E-state index contributed by atoms with van der Waals surface area (Å²) in [5, 5.41) is 11.0. The molecule has 3 N–H and O–H groups in total. The zero-order chi connectivity index (χ0) is 14.0. The molecule has 98 valence electrons. The van der Waals surface area contributed by atoms with Crippen molar-refractivity contribution >= 4 is 28.9 Å². The van der Waals surface area contributed by atoms with Gasteiger partial charge in [-0.2, -0.15) is 0 Å². The van der Waals surface area contributed by atoms with Crippen molar-refractivity contribution in [2.45, 2.75) is 13.3 Å². The Morgan fingerprint density at radius 2 is 2.16 bits per heavy atom. The second kappa shape index (κ2) is 5.19. The number of nitrogens with two attached hydrogens (primary N) is 1. The van der Waals surface area contributed by atoms with Gasteiger partial charge in [-0.25, -0.2) is 9.78 Å². The lowest BCUT2D eigenvalue weighted by Crippen LogP contribution is -2.14. The minimum absolute atomic E-state index is 0.102. The smallest absolute Gasteiger partial charge is 0.340 e. The summed E-state index contributed by atoms with van der Waals surface area (Å²) >= 11 is 1.55. The van der Waals surface area contributed by atoms with Crippen LogP contribution in [0.2, 0.25) is 0 Å². The lowest BCUT2D eigenvalue weighted by molar-refractivity contribution is 0.0692. The van der Waals surface area contributed by atoms with Crippen LogP contribution < -0.4 is 5.73 Å². The molecule has 0 saturated heterocycles. The summed E-state index contributed by atoms with van der Waals surface area (Å²) in [7, 11) is 0. The minimum Gasteiger partial charge on any atom is -0.478 e. The number of nitrogens with zero attached hydrogens (tertiary/aromatic N) is 1. The van der Waals surface area contributed by atoms with Crippen molar-refractivity contribution in [2.75, 3.05) is 5.73 Å². The summed E-state index contributed by atoms with van der Waals surface area (Å²) in [6, 6.07) is 3.26. The van der Waals surface area contributed by atoms with E-state index in [-0.39, 0.29) is 29.1 Å². The van der Waals surface area contributed by atoms with E-state index in [2.05, 4.69) is 4.98 Å². The predicted octanol–water partition coefficient (Wildman–Crippen LogP) is 2.16. The van der Waals surface area contributed by atoms with E-state index >= 15 is 0 Å². The Kier molecular flexibility index (Phi) is 3.62. The first-order valence-corrected chi connectivity index (χ1v) is 6.42. The summed E-state index contributed by atoms with van der Waals surface area (Å²) in [5.74, 6) is -1.65. The molecular formula is C13H12N2O3S. The largest absolute Gasteiger partial charge is 0.478 e. The summed E-state index contributed by atoms with van der Waals surface area (Å²) in [4.78, 5) is 28.1. The highest BCUT2D eigenvalue weighted by Crippen LogP contribution is 2.20. The van der Waals surface area contributed by atoms with Gasteiger partial charge in [0, 0.05) is 23.1 Å². The zero-order valence-corrected chi connectivity index (χ0v) is 11.0. The maximum absolute atomic E-state index is 12.2. The summed E-state index contributed by atoms with van der Waals surface area (Å²) < 4.78 is 0. The van der Waals surface area contributed by atoms with Crippen LogP contribution in [0.15, 0.2) is 23.7 Å². The van der Waals surface area contributed by atoms with Gasteiger partial charge in [-0.3, -0.25) is 4.79 Å². The molecule has 19 heavy (non-hydrogen) atoms. The van der Waals surface area contributed by atoms with Crippen LogP contribution in [0.25, 0.3) is 0 Å². The second-order valence-corrected chi connectivity index (χ2v) is 5.15. The highest BCUT2D eigenvalue weighted by Gasteiger charge is 2.20. The lowest BCUT2D eigenvalue weighted by atomic mass is 10.00. The fraction of sp³-hybridized carbons (Fsp3) is 0.154. The number of thiophene rings is 1. The highest BCUT2D eigenvalue weighted by molar-refractivity contribution is 7.10. The number of rotatable bonds is 4. The number of carboxylic acid groups (broad SMARTS) is 1. The van der Waals surface area contributed by atoms with Crippen LogP contribution in [0, 0.1) is 6.92 Å². The Morgan fingerprint density at radius 3 is 2.74 bits per heavy atom. The molecule has 0 saturated carbocycles. The lowest BCUT2D eigenvalue weighted by Gasteiger charge is -2.07. The van der Waals surface area contributed by atoms with Gasteiger partial charge in [0.2, 0.25) is 0 Å². The number of carboxylic acids is 1. The first-order valence-electron chi connectivity index (χ1n) is 5.54. The average Bonchev–Trinajstić information content (AvgIpc) is 2.74. The number of Topliss-reactive ketones (excluding diaryl/α,β-unsaturated/α-hetero) is 1. The van der Waals surface area contributed by atoms with Crippen LogP contribution in [0.3, 0.4) is 0 Å². The molecule has 2 heterocycles. The van der Waals surface area contributed by atoms with Gasteiger partial charge in [-0.1, -0.05) is 0 Å². The van der Waals surface area contributed by atoms with Crippen LogP contribution in [-0.4, -0.2) is 21.8 Å². The molecule has 2 rings (SSSR count). The number of carbonyl (C=O) groups is 2. The van der Waals surface area contributed by atoms with E-state index in [9.17, 15) is 9.59 Å². The Bertz CT molecular complexity index is 649. The van der Waals surface area contributed by atoms with Crippen molar-refractivity contribution in [1.29, 1.82) is 0 Å².